The van der Waals surface area contributed by atoms with Crippen molar-refractivity contribution in [2.24, 2.45) is 0 Å². The van der Waals surface area contributed by atoms with E-state index in [9.17, 15) is 19.3 Å². The molecular formula is C15H19FN2O4. The van der Waals surface area contributed by atoms with Gasteiger partial charge >= 0.3 is 11.7 Å². The van der Waals surface area contributed by atoms with Gasteiger partial charge in [0.2, 0.25) is 5.82 Å². The van der Waals surface area contributed by atoms with Gasteiger partial charge in [-0.1, -0.05) is 6.07 Å². The van der Waals surface area contributed by atoms with Crippen LogP contribution >= 0.6 is 0 Å². The Morgan fingerprint density at radius 1 is 1.50 bits per heavy atom. The second kappa shape index (κ2) is 7.31. The van der Waals surface area contributed by atoms with Gasteiger partial charge in [0, 0.05) is 12.6 Å². The molecule has 1 fully saturated rings. The molecule has 1 aliphatic rings. The second-order valence-corrected chi connectivity index (χ2v) is 5.49. The van der Waals surface area contributed by atoms with Gasteiger partial charge in [-0.2, -0.15) is 4.39 Å². The zero-order valence-electron chi connectivity index (χ0n) is 12.4. The summed E-state index contributed by atoms with van der Waals surface area (Å²) in [6, 6.07) is 3.14. The number of nitrogens with zero attached hydrogens (tertiary/aromatic N) is 1. The van der Waals surface area contributed by atoms with Crippen LogP contribution in [0.4, 0.5) is 10.1 Å². The van der Waals surface area contributed by atoms with Crippen LogP contribution in [0.1, 0.15) is 38.2 Å². The summed E-state index contributed by atoms with van der Waals surface area (Å²) in [5.41, 5.74) is -0.0332. The van der Waals surface area contributed by atoms with Crippen molar-refractivity contribution in [2.45, 2.75) is 51.3 Å². The molecule has 120 valence electrons. The zero-order chi connectivity index (χ0) is 16.1. The van der Waals surface area contributed by atoms with Gasteiger partial charge in [0.05, 0.1) is 4.92 Å². The molecule has 6 nitrogen and oxygen atoms in total. The van der Waals surface area contributed by atoms with Gasteiger partial charge < -0.3 is 10.1 Å². The Balaban J connectivity index is 1.87. The highest BCUT2D eigenvalue weighted by atomic mass is 19.1. The summed E-state index contributed by atoms with van der Waals surface area (Å²) in [5.74, 6) is -1.20. The number of rotatable bonds is 6. The van der Waals surface area contributed by atoms with Crippen LogP contribution < -0.4 is 5.32 Å². The number of hydrogen-bond acceptors (Lipinski definition) is 5. The Hall–Kier alpha value is -2.02. The van der Waals surface area contributed by atoms with E-state index in [2.05, 4.69) is 5.32 Å². The summed E-state index contributed by atoms with van der Waals surface area (Å²) < 4.78 is 18.6. The van der Waals surface area contributed by atoms with Crippen molar-refractivity contribution in [3.63, 3.8) is 0 Å². The highest BCUT2D eigenvalue weighted by molar-refractivity contribution is 5.75. The molecule has 0 aromatic heterocycles. The smallest absolute Gasteiger partial charge is 0.323 e. The van der Waals surface area contributed by atoms with Gasteiger partial charge in [-0.3, -0.25) is 14.9 Å². The number of nitro groups is 1. The van der Waals surface area contributed by atoms with E-state index in [1.807, 2.05) is 0 Å². The lowest BCUT2D eigenvalue weighted by molar-refractivity contribution is -0.387. The van der Waals surface area contributed by atoms with Gasteiger partial charge in [0.1, 0.15) is 12.1 Å². The Labute approximate surface area is 127 Å². The lowest BCUT2D eigenvalue weighted by atomic mass is 10.2. The van der Waals surface area contributed by atoms with Crippen LogP contribution in [0.2, 0.25) is 0 Å². The molecule has 7 heteroatoms. The minimum Gasteiger partial charge on any atom is -0.461 e. The fourth-order valence-corrected chi connectivity index (χ4v) is 2.43. The molecule has 0 radical (unpaired) electrons. The van der Waals surface area contributed by atoms with Crippen molar-refractivity contribution in [1.29, 1.82) is 0 Å². The van der Waals surface area contributed by atoms with Crippen molar-refractivity contribution in [3.8, 4) is 0 Å². The molecule has 0 amide bonds. The van der Waals surface area contributed by atoms with Crippen LogP contribution in [0.5, 0.6) is 0 Å². The molecule has 0 heterocycles. The predicted molar refractivity (Wildman–Crippen MR) is 77.7 cm³/mol. The first-order chi connectivity index (χ1) is 10.5. The van der Waals surface area contributed by atoms with Crippen LogP contribution in [0.3, 0.4) is 0 Å². The number of benzene rings is 1. The van der Waals surface area contributed by atoms with Crippen molar-refractivity contribution in [2.75, 3.05) is 0 Å². The normalized spacial score (nSPS) is 16.5. The SMILES string of the molecule is C[C@H](NCc1ccc(F)c([N+](=O)[O-])c1)C(=O)OC1CCCC1. The molecule has 1 aromatic carbocycles. The molecule has 0 aliphatic heterocycles. The average molecular weight is 310 g/mol. The van der Waals surface area contributed by atoms with Crippen molar-refractivity contribution < 1.29 is 18.8 Å². The van der Waals surface area contributed by atoms with E-state index in [4.69, 9.17) is 4.74 Å². The summed E-state index contributed by atoms with van der Waals surface area (Å²) in [7, 11) is 0. The van der Waals surface area contributed by atoms with Crippen molar-refractivity contribution in [1.82, 2.24) is 5.32 Å². The maximum Gasteiger partial charge on any atom is 0.323 e. The zero-order valence-corrected chi connectivity index (χ0v) is 12.4. The number of carbonyl (C=O) groups is 1. The third-order valence-electron chi connectivity index (χ3n) is 3.76. The van der Waals surface area contributed by atoms with Gasteiger partial charge in [-0.25, -0.2) is 0 Å². The molecule has 22 heavy (non-hydrogen) atoms. The highest BCUT2D eigenvalue weighted by Gasteiger charge is 2.22. The maximum absolute atomic E-state index is 13.2. The number of carbonyl (C=O) groups excluding carboxylic acids is 1. The number of esters is 1. The Morgan fingerprint density at radius 3 is 2.82 bits per heavy atom. The monoisotopic (exact) mass is 310 g/mol. The van der Waals surface area contributed by atoms with Crippen molar-refractivity contribution in [3.05, 3.63) is 39.7 Å². The fraction of sp³-hybridized carbons (Fsp3) is 0.533. The molecule has 0 saturated heterocycles. The summed E-state index contributed by atoms with van der Waals surface area (Å²) >= 11 is 0. The van der Waals surface area contributed by atoms with Crippen LogP contribution in [0.15, 0.2) is 18.2 Å². The van der Waals surface area contributed by atoms with Crippen LogP contribution in [0.25, 0.3) is 0 Å². The minimum absolute atomic E-state index is 0.00339. The Kier molecular flexibility index (Phi) is 5.43. The standard InChI is InChI=1S/C15H19FN2O4/c1-10(15(19)22-12-4-2-3-5-12)17-9-11-6-7-13(16)14(8-11)18(20)21/h6-8,10,12,17H,2-5,9H2,1H3/t10-/m0/s1. The van der Waals surface area contributed by atoms with Crippen molar-refractivity contribution >= 4 is 11.7 Å². The van der Waals surface area contributed by atoms with Gasteiger partial charge in [0.15, 0.2) is 0 Å². The van der Waals surface area contributed by atoms with E-state index in [1.165, 1.54) is 6.07 Å². The molecule has 1 atom stereocenters. The summed E-state index contributed by atoms with van der Waals surface area (Å²) in [6.45, 7) is 1.90. The van der Waals surface area contributed by atoms with Crippen LogP contribution in [-0.2, 0) is 16.1 Å². The molecule has 0 spiro atoms. The van der Waals surface area contributed by atoms with Crippen LogP contribution in [-0.4, -0.2) is 23.0 Å². The highest BCUT2D eigenvalue weighted by Crippen LogP contribution is 2.21. The van der Waals surface area contributed by atoms with E-state index in [0.717, 1.165) is 37.8 Å². The average Bonchev–Trinajstić information content (AvgIpc) is 2.98. The summed E-state index contributed by atoms with van der Waals surface area (Å²) in [5, 5.41) is 13.6. The first-order valence-corrected chi connectivity index (χ1v) is 7.34. The maximum atomic E-state index is 13.2. The topological polar surface area (TPSA) is 81.5 Å². The molecule has 1 N–H and O–H groups in total. The summed E-state index contributed by atoms with van der Waals surface area (Å²) in [4.78, 5) is 21.8. The summed E-state index contributed by atoms with van der Waals surface area (Å²) in [6.07, 6.45) is 3.98. The quantitative estimate of drug-likeness (QED) is 0.496. The van der Waals surface area contributed by atoms with E-state index in [1.54, 1.807) is 6.92 Å². The minimum atomic E-state index is -0.873. The molecular weight excluding hydrogens is 291 g/mol. The second-order valence-electron chi connectivity index (χ2n) is 5.49. The lowest BCUT2D eigenvalue weighted by Crippen LogP contribution is -2.36. The lowest BCUT2D eigenvalue weighted by Gasteiger charge is -2.17. The fourth-order valence-electron chi connectivity index (χ4n) is 2.43. The largest absolute Gasteiger partial charge is 0.461 e. The third-order valence-corrected chi connectivity index (χ3v) is 3.76. The first-order valence-electron chi connectivity index (χ1n) is 7.34. The molecule has 1 saturated carbocycles. The number of halogens is 1. The molecule has 1 aliphatic carbocycles. The van der Waals surface area contributed by atoms with E-state index in [0.29, 0.717) is 5.56 Å². The Morgan fingerprint density at radius 2 is 2.18 bits per heavy atom. The van der Waals surface area contributed by atoms with Gasteiger partial charge in [-0.15, -0.1) is 0 Å². The van der Waals surface area contributed by atoms with E-state index in [-0.39, 0.29) is 18.6 Å². The number of nitro benzene ring substituents is 1. The van der Waals surface area contributed by atoms with Gasteiger partial charge in [0.25, 0.3) is 0 Å². The third kappa shape index (κ3) is 4.24. The first kappa shape index (κ1) is 16.4. The predicted octanol–water partition coefficient (Wildman–Crippen LogP) is 2.70. The molecule has 2 rings (SSSR count). The molecule has 0 unspecified atom stereocenters. The number of ether oxygens (including phenoxy) is 1. The number of hydrogen-bond donors (Lipinski definition) is 1. The van der Waals surface area contributed by atoms with E-state index >= 15 is 0 Å². The molecule has 0 bridgehead atoms. The number of nitrogens with one attached hydrogen (secondary N) is 1. The van der Waals surface area contributed by atoms with E-state index < -0.39 is 22.5 Å². The van der Waals surface area contributed by atoms with Crippen LogP contribution in [0, 0.1) is 15.9 Å². The van der Waals surface area contributed by atoms with Gasteiger partial charge in [-0.05, 0) is 44.2 Å². The molecule has 1 aromatic rings. The Bertz CT molecular complexity index is 558.